The number of nitrogens with one attached hydrogen (secondary N) is 1. The maximum Gasteiger partial charge on any atom is 0.269 e. The lowest BCUT2D eigenvalue weighted by atomic mass is 9.96. The molecule has 1 aromatic rings. The smallest absolute Gasteiger partial charge is 0.269 e. The highest BCUT2D eigenvalue weighted by Crippen LogP contribution is 2.40. The largest absolute Gasteiger partial charge is 0.490 e. The van der Waals surface area contributed by atoms with Gasteiger partial charge in [-0.1, -0.05) is 6.92 Å². The van der Waals surface area contributed by atoms with Crippen LogP contribution in [0, 0.1) is 34.3 Å². The molecule has 0 saturated heterocycles. The Hall–Kier alpha value is -2.13. The molecule has 6 nitrogen and oxygen atoms in total. The van der Waals surface area contributed by atoms with Gasteiger partial charge >= 0.3 is 0 Å². The Labute approximate surface area is 123 Å². The summed E-state index contributed by atoms with van der Waals surface area (Å²) in [4.78, 5) is 10.3. The second kappa shape index (κ2) is 6.10. The van der Waals surface area contributed by atoms with E-state index in [1.165, 1.54) is 12.1 Å². The zero-order valence-electron chi connectivity index (χ0n) is 12.3. The van der Waals surface area contributed by atoms with Gasteiger partial charge in [0.1, 0.15) is 17.9 Å². The molecule has 0 spiro atoms. The van der Waals surface area contributed by atoms with Gasteiger partial charge in [-0.15, -0.1) is 0 Å². The van der Waals surface area contributed by atoms with Crippen LogP contribution in [0.3, 0.4) is 0 Å². The van der Waals surface area contributed by atoms with E-state index in [1.54, 1.807) is 13.0 Å². The summed E-state index contributed by atoms with van der Waals surface area (Å²) in [5.41, 5.74) is 0.0757. The topological polar surface area (TPSA) is 88.2 Å². The minimum absolute atomic E-state index is 0.0419. The molecular formula is C15H19N3O3. The predicted molar refractivity (Wildman–Crippen MR) is 78.1 cm³/mol. The molecule has 0 aliphatic heterocycles. The van der Waals surface area contributed by atoms with Gasteiger partial charge in [0.05, 0.1) is 11.0 Å². The average molecular weight is 289 g/mol. The molecule has 1 aliphatic rings. The molecule has 112 valence electrons. The van der Waals surface area contributed by atoms with E-state index in [2.05, 4.69) is 11.4 Å². The summed E-state index contributed by atoms with van der Waals surface area (Å²) in [5.74, 6) is 0.902. The molecule has 1 atom stereocenters. The van der Waals surface area contributed by atoms with E-state index in [1.807, 2.05) is 6.92 Å². The number of nitro benzene ring substituents is 1. The van der Waals surface area contributed by atoms with Crippen molar-refractivity contribution in [3.63, 3.8) is 0 Å². The molecule has 1 N–H and O–H groups in total. The average Bonchev–Trinajstić information content (AvgIpc) is 3.29. The van der Waals surface area contributed by atoms with E-state index in [9.17, 15) is 15.4 Å². The summed E-state index contributed by atoms with van der Waals surface area (Å²) >= 11 is 0. The highest BCUT2D eigenvalue weighted by atomic mass is 16.6. The van der Waals surface area contributed by atoms with Gasteiger partial charge in [-0.3, -0.25) is 15.4 Å². The van der Waals surface area contributed by atoms with E-state index in [-0.39, 0.29) is 12.3 Å². The van der Waals surface area contributed by atoms with E-state index in [4.69, 9.17) is 4.74 Å². The Morgan fingerprint density at radius 3 is 2.76 bits per heavy atom. The first-order valence-electron chi connectivity index (χ1n) is 7.06. The third-order valence-corrected chi connectivity index (χ3v) is 3.79. The standard InChI is InChI=1S/C15H19N3O3/c1-3-17-15(9-16,12-4-5-12)10-21-14-7-6-13(18(19)20)8-11(14)2/h6-8,12,17H,3-5,10H2,1-2H3. The molecule has 21 heavy (non-hydrogen) atoms. The number of rotatable bonds is 7. The predicted octanol–water partition coefficient (Wildman–Crippen LogP) is 2.56. The number of nitrogens with zero attached hydrogens (tertiary/aromatic N) is 2. The molecule has 1 unspecified atom stereocenters. The summed E-state index contributed by atoms with van der Waals surface area (Å²) < 4.78 is 5.77. The Morgan fingerprint density at radius 2 is 2.29 bits per heavy atom. The molecule has 1 fully saturated rings. The molecule has 1 aliphatic carbocycles. The fraction of sp³-hybridized carbons (Fsp3) is 0.533. The van der Waals surface area contributed by atoms with Gasteiger partial charge in [0.25, 0.3) is 5.69 Å². The minimum Gasteiger partial charge on any atom is -0.490 e. The molecule has 0 radical (unpaired) electrons. The van der Waals surface area contributed by atoms with Crippen LogP contribution < -0.4 is 10.1 Å². The summed E-state index contributed by atoms with van der Waals surface area (Å²) in [5, 5.41) is 23.5. The lowest BCUT2D eigenvalue weighted by Crippen LogP contribution is -2.50. The third-order valence-electron chi connectivity index (χ3n) is 3.79. The Morgan fingerprint density at radius 1 is 1.57 bits per heavy atom. The molecule has 0 aromatic heterocycles. The lowest BCUT2D eigenvalue weighted by molar-refractivity contribution is -0.384. The van der Waals surface area contributed by atoms with Gasteiger partial charge in [0, 0.05) is 12.1 Å². The minimum atomic E-state index is -0.664. The van der Waals surface area contributed by atoms with Crippen LogP contribution in [0.25, 0.3) is 0 Å². The molecule has 0 bridgehead atoms. The molecule has 1 saturated carbocycles. The molecule has 2 rings (SSSR count). The van der Waals surface area contributed by atoms with Crippen molar-refractivity contribution in [3.8, 4) is 11.8 Å². The second-order valence-electron chi connectivity index (χ2n) is 5.38. The van der Waals surface area contributed by atoms with Gasteiger partial charge in [-0.25, -0.2) is 0 Å². The number of nitriles is 1. The van der Waals surface area contributed by atoms with Crippen LogP contribution in [0.2, 0.25) is 0 Å². The van der Waals surface area contributed by atoms with E-state index < -0.39 is 10.5 Å². The molecule has 0 amide bonds. The molecule has 0 heterocycles. The van der Waals surface area contributed by atoms with Gasteiger partial charge in [-0.05, 0) is 43.9 Å². The number of benzene rings is 1. The van der Waals surface area contributed by atoms with E-state index in [0.717, 1.165) is 12.8 Å². The number of hydrogen-bond donors (Lipinski definition) is 1. The fourth-order valence-corrected chi connectivity index (χ4v) is 2.47. The third kappa shape index (κ3) is 3.31. The van der Waals surface area contributed by atoms with Crippen LogP contribution >= 0.6 is 0 Å². The van der Waals surface area contributed by atoms with Crippen molar-refractivity contribution in [2.24, 2.45) is 5.92 Å². The Kier molecular flexibility index (Phi) is 4.43. The zero-order valence-corrected chi connectivity index (χ0v) is 12.3. The van der Waals surface area contributed by atoms with Crippen molar-refractivity contribution < 1.29 is 9.66 Å². The highest BCUT2D eigenvalue weighted by molar-refractivity contribution is 5.43. The van der Waals surface area contributed by atoms with Crippen LogP contribution in [-0.2, 0) is 0 Å². The Balaban J connectivity index is 2.11. The van der Waals surface area contributed by atoms with Crippen LogP contribution in [-0.4, -0.2) is 23.6 Å². The number of likely N-dealkylation sites (N-methyl/N-ethyl adjacent to an activating group) is 1. The van der Waals surface area contributed by atoms with Crippen molar-refractivity contribution in [2.75, 3.05) is 13.2 Å². The Bertz CT molecular complexity index is 578. The zero-order chi connectivity index (χ0) is 15.5. The molecule has 1 aromatic carbocycles. The van der Waals surface area contributed by atoms with Crippen LogP contribution in [0.15, 0.2) is 18.2 Å². The van der Waals surface area contributed by atoms with E-state index in [0.29, 0.717) is 23.8 Å². The highest BCUT2D eigenvalue weighted by Gasteiger charge is 2.46. The monoisotopic (exact) mass is 289 g/mol. The summed E-state index contributed by atoms with van der Waals surface area (Å²) in [7, 11) is 0. The van der Waals surface area contributed by atoms with Crippen molar-refractivity contribution >= 4 is 5.69 Å². The van der Waals surface area contributed by atoms with Crippen molar-refractivity contribution in [1.82, 2.24) is 5.32 Å². The first-order valence-corrected chi connectivity index (χ1v) is 7.06. The number of hydrogen-bond acceptors (Lipinski definition) is 5. The first-order chi connectivity index (χ1) is 10.0. The van der Waals surface area contributed by atoms with Gasteiger partial charge in [0.2, 0.25) is 0 Å². The number of nitro groups is 1. The first kappa shape index (κ1) is 15.3. The van der Waals surface area contributed by atoms with Gasteiger partial charge < -0.3 is 4.74 Å². The van der Waals surface area contributed by atoms with Crippen molar-refractivity contribution in [1.29, 1.82) is 5.26 Å². The maximum absolute atomic E-state index is 10.7. The summed E-state index contributed by atoms with van der Waals surface area (Å²) in [6, 6.07) is 6.84. The lowest BCUT2D eigenvalue weighted by Gasteiger charge is -2.27. The quantitative estimate of drug-likeness (QED) is 0.615. The number of ether oxygens (including phenoxy) is 1. The van der Waals surface area contributed by atoms with Crippen molar-refractivity contribution in [3.05, 3.63) is 33.9 Å². The van der Waals surface area contributed by atoms with Gasteiger partial charge in [0.15, 0.2) is 0 Å². The number of aryl methyl sites for hydroxylation is 1. The summed E-state index contributed by atoms with van der Waals surface area (Å²) in [6.45, 7) is 4.68. The summed E-state index contributed by atoms with van der Waals surface area (Å²) in [6.07, 6.45) is 2.06. The molecule has 6 heteroatoms. The maximum atomic E-state index is 10.7. The van der Waals surface area contributed by atoms with Gasteiger partial charge in [-0.2, -0.15) is 5.26 Å². The second-order valence-corrected chi connectivity index (χ2v) is 5.38. The number of non-ortho nitro benzene ring substituents is 1. The molecular weight excluding hydrogens is 270 g/mol. The van der Waals surface area contributed by atoms with Crippen molar-refractivity contribution in [2.45, 2.75) is 32.2 Å². The van der Waals surface area contributed by atoms with Crippen LogP contribution in [0.1, 0.15) is 25.3 Å². The van der Waals surface area contributed by atoms with Crippen LogP contribution in [0.4, 0.5) is 5.69 Å². The fourth-order valence-electron chi connectivity index (χ4n) is 2.47. The van der Waals surface area contributed by atoms with E-state index >= 15 is 0 Å². The normalized spacial score (nSPS) is 16.8. The van der Waals surface area contributed by atoms with Crippen LogP contribution in [0.5, 0.6) is 5.75 Å². The SMILES string of the molecule is CCNC(C#N)(COc1ccc([N+](=O)[O-])cc1C)C1CC1.